The second-order valence-electron chi connectivity index (χ2n) is 8.49. The molecule has 0 atom stereocenters. The topological polar surface area (TPSA) is 62.5 Å². The number of aryl methyl sites for hydroxylation is 1. The molecule has 1 heterocycles. The summed E-state index contributed by atoms with van der Waals surface area (Å²) in [7, 11) is 0. The third kappa shape index (κ3) is 10.8. The lowest BCUT2D eigenvalue weighted by molar-refractivity contribution is 0.414. The van der Waals surface area contributed by atoms with E-state index in [0.717, 1.165) is 19.4 Å². The summed E-state index contributed by atoms with van der Waals surface area (Å²) < 4.78 is 1.83. The minimum absolute atomic E-state index is 0.302. The molecule has 0 fully saturated rings. The van der Waals surface area contributed by atoms with Gasteiger partial charge in [-0.25, -0.2) is 0 Å². The van der Waals surface area contributed by atoms with E-state index in [1.165, 1.54) is 96.1 Å². The fourth-order valence-electron chi connectivity index (χ4n) is 4.07. The second-order valence-corrected chi connectivity index (χ2v) is 8.49. The van der Waals surface area contributed by atoms with E-state index in [2.05, 4.69) is 6.92 Å². The molecule has 0 amide bonds. The second kappa shape index (κ2) is 16.4. The van der Waals surface area contributed by atoms with Crippen molar-refractivity contribution >= 4 is 0 Å². The Morgan fingerprint density at radius 3 is 1.52 bits per heavy atom. The van der Waals surface area contributed by atoms with Crippen LogP contribution in [0, 0.1) is 0 Å². The molecule has 4 nitrogen and oxygen atoms in total. The summed E-state index contributed by atoms with van der Waals surface area (Å²) in [6.45, 7) is 4.93. The number of aromatic nitrogens is 1. The summed E-state index contributed by atoms with van der Waals surface area (Å²) in [6.07, 6.45) is 23.5. The predicted molar refractivity (Wildman–Crippen MR) is 123 cm³/mol. The maximum atomic E-state index is 11.6. The molecule has 4 heteroatoms. The van der Waals surface area contributed by atoms with Crippen molar-refractivity contribution in [2.75, 3.05) is 0 Å². The third-order valence-corrected chi connectivity index (χ3v) is 5.93. The zero-order valence-corrected chi connectivity index (χ0v) is 19.1. The van der Waals surface area contributed by atoms with E-state index < -0.39 is 5.43 Å². The summed E-state index contributed by atoms with van der Waals surface area (Å²) in [5.41, 5.74) is -0.0427. The maximum Gasteiger partial charge on any atom is 0.264 e. The van der Waals surface area contributed by atoms with Crippen molar-refractivity contribution in [2.24, 2.45) is 0 Å². The zero-order chi connectivity index (χ0) is 21.3. The lowest BCUT2D eigenvalue weighted by atomic mass is 10.0. The normalized spacial score (nSPS) is 11.2. The van der Waals surface area contributed by atoms with Crippen LogP contribution in [0.15, 0.2) is 11.0 Å². The number of pyridine rings is 1. The number of unbranched alkanes of at least 4 members (excludes halogenated alkanes) is 15. The number of hydrogen-bond acceptors (Lipinski definition) is 3. The molecule has 29 heavy (non-hydrogen) atoms. The Balaban J connectivity index is 1.97. The average molecular weight is 408 g/mol. The molecule has 2 N–H and O–H groups in total. The van der Waals surface area contributed by atoms with Gasteiger partial charge in [0.05, 0.1) is 11.9 Å². The summed E-state index contributed by atoms with van der Waals surface area (Å²) >= 11 is 0. The number of nitrogens with zero attached hydrogens (tertiary/aromatic N) is 1. The minimum Gasteiger partial charge on any atom is -0.503 e. The van der Waals surface area contributed by atoms with Crippen molar-refractivity contribution in [3.8, 4) is 11.5 Å². The molecule has 0 aliphatic carbocycles. The molecule has 0 saturated carbocycles. The van der Waals surface area contributed by atoms with E-state index in [-0.39, 0.29) is 11.5 Å². The molecule has 0 saturated heterocycles. The first-order valence-electron chi connectivity index (χ1n) is 12.3. The van der Waals surface area contributed by atoms with Crippen molar-refractivity contribution in [3.05, 3.63) is 22.1 Å². The van der Waals surface area contributed by atoms with E-state index in [0.29, 0.717) is 12.1 Å². The van der Waals surface area contributed by atoms with Crippen molar-refractivity contribution in [1.82, 2.24) is 4.57 Å². The van der Waals surface area contributed by atoms with Crippen LogP contribution >= 0.6 is 0 Å². The minimum atomic E-state index is -0.662. The first kappa shape index (κ1) is 25.6. The van der Waals surface area contributed by atoms with E-state index in [1.807, 2.05) is 11.5 Å². The fraction of sp³-hybridized carbons (Fsp3) is 0.800. The number of rotatable bonds is 18. The van der Waals surface area contributed by atoms with Crippen molar-refractivity contribution in [2.45, 2.75) is 130 Å². The van der Waals surface area contributed by atoms with Crippen LogP contribution in [0.4, 0.5) is 0 Å². The van der Waals surface area contributed by atoms with Crippen LogP contribution in [0.25, 0.3) is 0 Å². The van der Waals surface area contributed by atoms with Crippen LogP contribution in [0.2, 0.25) is 0 Å². The van der Waals surface area contributed by atoms with Gasteiger partial charge in [-0.1, -0.05) is 110 Å². The quantitative estimate of drug-likeness (QED) is 0.255. The van der Waals surface area contributed by atoms with Gasteiger partial charge in [0.1, 0.15) is 0 Å². The molecule has 1 aromatic rings. The fourth-order valence-corrected chi connectivity index (χ4v) is 4.07. The van der Waals surface area contributed by atoms with Crippen LogP contribution in [0.3, 0.4) is 0 Å². The monoisotopic (exact) mass is 407 g/mol. The van der Waals surface area contributed by atoms with Gasteiger partial charge in [-0.2, -0.15) is 0 Å². The molecule has 0 aliphatic rings. The average Bonchev–Trinajstić information content (AvgIpc) is 2.72. The summed E-state index contributed by atoms with van der Waals surface area (Å²) in [4.78, 5) is 11.6. The van der Waals surface area contributed by atoms with E-state index in [1.54, 1.807) is 0 Å². The number of hydrogen-bond donors (Lipinski definition) is 2. The molecular weight excluding hydrogens is 362 g/mol. The first-order chi connectivity index (χ1) is 14.1. The zero-order valence-electron chi connectivity index (χ0n) is 19.1. The van der Waals surface area contributed by atoms with Crippen LogP contribution in [-0.2, 0) is 13.0 Å². The highest BCUT2D eigenvalue weighted by atomic mass is 16.3. The molecule has 0 spiro atoms. The highest BCUT2D eigenvalue weighted by Gasteiger charge is 2.12. The largest absolute Gasteiger partial charge is 0.503 e. The summed E-state index contributed by atoms with van der Waals surface area (Å²) in [5.74, 6) is -0.666. The molecule has 168 valence electrons. The number of aromatic hydroxyl groups is 2. The highest BCUT2D eigenvalue weighted by molar-refractivity contribution is 5.34. The molecule has 1 rings (SSSR count). The van der Waals surface area contributed by atoms with E-state index in [9.17, 15) is 15.0 Å². The Bertz CT molecular complexity index is 594. The Hall–Kier alpha value is -1.45. The molecule has 0 unspecified atom stereocenters. The van der Waals surface area contributed by atoms with Gasteiger partial charge in [0.2, 0.25) is 0 Å². The third-order valence-electron chi connectivity index (χ3n) is 5.93. The standard InChI is InChI=1S/C25H45NO3/c1-3-5-6-7-8-9-10-11-12-13-14-15-16-17-18-19-20-26-21-23(27)25(29)24(28)22(26)4-2/h21,27-28H,3-20H2,1-2H3. The molecule has 0 aliphatic heterocycles. The SMILES string of the molecule is CCCCCCCCCCCCCCCCCCn1cc(O)c(=O)c(O)c1CC. The van der Waals surface area contributed by atoms with Crippen molar-refractivity contribution in [1.29, 1.82) is 0 Å². The molecule has 0 aromatic carbocycles. The highest BCUT2D eigenvalue weighted by Crippen LogP contribution is 2.19. The molecule has 0 bridgehead atoms. The Morgan fingerprint density at radius 1 is 0.690 bits per heavy atom. The summed E-state index contributed by atoms with van der Waals surface area (Å²) in [5, 5.41) is 19.5. The predicted octanol–water partition coefficient (Wildman–Crippen LogP) is 7.08. The van der Waals surface area contributed by atoms with Gasteiger partial charge >= 0.3 is 0 Å². The van der Waals surface area contributed by atoms with Gasteiger partial charge in [0.15, 0.2) is 11.5 Å². The Labute approximate surface area is 178 Å². The molecule has 1 aromatic heterocycles. The smallest absolute Gasteiger partial charge is 0.264 e. The maximum absolute atomic E-state index is 11.6. The van der Waals surface area contributed by atoms with Crippen molar-refractivity contribution < 1.29 is 10.2 Å². The molecule has 0 radical (unpaired) electrons. The lowest BCUT2D eigenvalue weighted by Gasteiger charge is -2.14. The van der Waals surface area contributed by atoms with Gasteiger partial charge in [0, 0.05) is 6.54 Å². The van der Waals surface area contributed by atoms with E-state index >= 15 is 0 Å². The van der Waals surface area contributed by atoms with Gasteiger partial charge in [-0.15, -0.1) is 0 Å². The van der Waals surface area contributed by atoms with Crippen molar-refractivity contribution in [3.63, 3.8) is 0 Å². The van der Waals surface area contributed by atoms with Crippen LogP contribution in [-0.4, -0.2) is 14.8 Å². The molecular formula is C25H45NO3. The summed E-state index contributed by atoms with van der Waals surface area (Å²) in [6, 6.07) is 0. The van der Waals surface area contributed by atoms with E-state index in [4.69, 9.17) is 0 Å². The lowest BCUT2D eigenvalue weighted by Crippen LogP contribution is -2.13. The van der Waals surface area contributed by atoms with Gasteiger partial charge in [-0.3, -0.25) is 4.79 Å². The van der Waals surface area contributed by atoms with Gasteiger partial charge in [0.25, 0.3) is 5.43 Å². The first-order valence-corrected chi connectivity index (χ1v) is 12.3. The van der Waals surface area contributed by atoms with Gasteiger partial charge in [-0.05, 0) is 12.8 Å². The van der Waals surface area contributed by atoms with Crippen LogP contribution in [0.5, 0.6) is 11.5 Å². The van der Waals surface area contributed by atoms with Gasteiger partial charge < -0.3 is 14.8 Å². The Kier molecular flexibility index (Phi) is 14.4. The van der Waals surface area contributed by atoms with Crippen LogP contribution in [0.1, 0.15) is 122 Å². The Morgan fingerprint density at radius 2 is 1.10 bits per heavy atom. The van der Waals surface area contributed by atoms with Crippen LogP contribution < -0.4 is 5.43 Å².